The molecule has 2 heterocycles. The van der Waals surface area contributed by atoms with Crippen LogP contribution < -0.4 is 9.47 Å². The molecule has 0 saturated carbocycles. The first kappa shape index (κ1) is 18.9. The number of nitrogens with zero attached hydrogens (tertiary/aromatic N) is 1. The van der Waals surface area contributed by atoms with Crippen molar-refractivity contribution >= 4 is 5.78 Å². The minimum absolute atomic E-state index is 0.0179. The molecule has 28 heavy (non-hydrogen) atoms. The van der Waals surface area contributed by atoms with Crippen molar-refractivity contribution in [3.8, 4) is 11.5 Å². The fourth-order valence-electron chi connectivity index (χ4n) is 4.37. The predicted octanol–water partition coefficient (Wildman–Crippen LogP) is 2.92. The average molecular weight is 386 g/mol. The highest BCUT2D eigenvalue weighted by Crippen LogP contribution is 2.47. The molecule has 1 N–H and O–H groups in total. The fourth-order valence-corrected chi connectivity index (χ4v) is 4.37. The average Bonchev–Trinajstić information content (AvgIpc) is 3.12. The van der Waals surface area contributed by atoms with Gasteiger partial charge < -0.3 is 19.1 Å². The first-order valence-electron chi connectivity index (χ1n) is 9.53. The van der Waals surface area contributed by atoms with E-state index in [1.165, 1.54) is 6.07 Å². The number of ether oxygens (including phenoxy) is 2. The Morgan fingerprint density at radius 2 is 2.07 bits per heavy atom. The molecule has 4 rings (SSSR count). The molecule has 0 spiro atoms. The maximum atomic E-state index is 14.0. The molecule has 0 amide bonds. The van der Waals surface area contributed by atoms with E-state index in [9.17, 15) is 14.3 Å². The second kappa shape index (κ2) is 7.18. The van der Waals surface area contributed by atoms with Crippen LogP contribution in [0.25, 0.3) is 0 Å². The summed E-state index contributed by atoms with van der Waals surface area (Å²) in [6.07, 6.45) is 1.18. The van der Waals surface area contributed by atoms with E-state index in [0.29, 0.717) is 27.1 Å². The van der Waals surface area contributed by atoms with Crippen LogP contribution in [0.1, 0.15) is 34.7 Å². The van der Waals surface area contributed by atoms with Crippen LogP contribution in [0, 0.1) is 5.82 Å². The summed E-state index contributed by atoms with van der Waals surface area (Å²) >= 11 is 0. The minimum Gasteiger partial charge on any atom is -0.454 e. The Balaban J connectivity index is 1.69. The third-order valence-electron chi connectivity index (χ3n) is 5.95. The lowest BCUT2D eigenvalue weighted by Gasteiger charge is -2.43. The molecule has 0 fully saturated rings. The van der Waals surface area contributed by atoms with E-state index in [2.05, 4.69) is 14.1 Å². The number of rotatable bonds is 5. The number of hydrogen-bond donors (Lipinski definition) is 1. The minimum atomic E-state index is -0.354. The van der Waals surface area contributed by atoms with Gasteiger partial charge in [0, 0.05) is 24.0 Å². The van der Waals surface area contributed by atoms with E-state index in [-0.39, 0.29) is 43.9 Å². The number of ketones is 1. The van der Waals surface area contributed by atoms with E-state index in [4.69, 9.17) is 9.47 Å². The Labute approximate surface area is 163 Å². The summed E-state index contributed by atoms with van der Waals surface area (Å²) in [5, 5.41) is 10.1. The smallest absolute Gasteiger partial charge is 0.231 e. The number of quaternary nitrogens is 1. The summed E-state index contributed by atoms with van der Waals surface area (Å²) in [7, 11) is 4.19. The molecule has 1 unspecified atom stereocenters. The van der Waals surface area contributed by atoms with Gasteiger partial charge in [0.1, 0.15) is 17.6 Å². The maximum absolute atomic E-state index is 14.0. The molecule has 2 aliphatic heterocycles. The Morgan fingerprint density at radius 1 is 1.29 bits per heavy atom. The van der Waals surface area contributed by atoms with Gasteiger partial charge in [-0.3, -0.25) is 4.79 Å². The Bertz CT molecular complexity index is 925. The molecule has 0 aromatic heterocycles. The molecule has 2 aromatic carbocycles. The second-order valence-corrected chi connectivity index (χ2v) is 8.10. The lowest BCUT2D eigenvalue weighted by molar-refractivity contribution is -0.922. The van der Waals surface area contributed by atoms with E-state index >= 15 is 0 Å². The van der Waals surface area contributed by atoms with Crippen LogP contribution in [0.3, 0.4) is 0 Å². The maximum Gasteiger partial charge on any atom is 0.231 e. The molecule has 0 radical (unpaired) electrons. The van der Waals surface area contributed by atoms with Crippen LogP contribution in [0.2, 0.25) is 0 Å². The van der Waals surface area contributed by atoms with Gasteiger partial charge >= 0.3 is 0 Å². The Morgan fingerprint density at radius 3 is 2.82 bits per heavy atom. The van der Waals surface area contributed by atoms with Crippen molar-refractivity contribution in [2.75, 3.05) is 27.4 Å². The number of carbonyl (C=O) groups excluding carboxylic acids is 1. The van der Waals surface area contributed by atoms with Gasteiger partial charge in [0.25, 0.3) is 0 Å². The van der Waals surface area contributed by atoms with Gasteiger partial charge in [-0.2, -0.15) is 0 Å². The molecule has 148 valence electrons. The van der Waals surface area contributed by atoms with Gasteiger partial charge in [-0.1, -0.05) is 18.2 Å². The molecule has 0 aliphatic carbocycles. The molecule has 5 nitrogen and oxygen atoms in total. The van der Waals surface area contributed by atoms with Crippen molar-refractivity contribution in [1.29, 1.82) is 0 Å². The first-order valence-corrected chi connectivity index (χ1v) is 9.53. The van der Waals surface area contributed by atoms with Crippen molar-refractivity contribution in [2.24, 2.45) is 0 Å². The van der Waals surface area contributed by atoms with Crippen molar-refractivity contribution in [3.63, 3.8) is 0 Å². The summed E-state index contributed by atoms with van der Waals surface area (Å²) < 4.78 is 25.7. The summed E-state index contributed by atoms with van der Waals surface area (Å²) in [5.41, 5.74) is 3.20. The van der Waals surface area contributed by atoms with Gasteiger partial charge in [0.15, 0.2) is 11.5 Å². The lowest BCUT2D eigenvalue weighted by atomic mass is 9.83. The Kier molecular flexibility index (Phi) is 4.85. The van der Waals surface area contributed by atoms with Crippen molar-refractivity contribution in [2.45, 2.75) is 31.9 Å². The largest absolute Gasteiger partial charge is 0.454 e. The topological polar surface area (TPSA) is 55.8 Å². The molecule has 6 heteroatoms. The van der Waals surface area contributed by atoms with E-state index in [1.54, 1.807) is 18.2 Å². The monoisotopic (exact) mass is 386 g/mol. The van der Waals surface area contributed by atoms with Crippen LogP contribution in [0.15, 0.2) is 30.3 Å². The van der Waals surface area contributed by atoms with Crippen LogP contribution in [0.4, 0.5) is 4.39 Å². The zero-order valence-corrected chi connectivity index (χ0v) is 16.2. The number of aliphatic hydroxyl groups excluding tert-OH is 1. The zero-order valence-electron chi connectivity index (χ0n) is 16.2. The number of fused-ring (bicyclic) bond motifs is 2. The van der Waals surface area contributed by atoms with Crippen LogP contribution in [0.5, 0.6) is 11.5 Å². The molecule has 2 aromatic rings. The number of benzene rings is 2. The van der Waals surface area contributed by atoms with Crippen LogP contribution in [-0.4, -0.2) is 42.8 Å². The van der Waals surface area contributed by atoms with Gasteiger partial charge in [0.2, 0.25) is 6.79 Å². The molecule has 0 saturated heterocycles. The highest BCUT2D eigenvalue weighted by Gasteiger charge is 2.41. The zero-order chi connectivity index (χ0) is 19.9. The van der Waals surface area contributed by atoms with Crippen molar-refractivity contribution in [1.82, 2.24) is 0 Å². The normalized spacial score (nSPS) is 19.4. The quantitative estimate of drug-likeness (QED) is 0.803. The molecular formula is C22H25FNO4+. The number of hydrogen-bond acceptors (Lipinski definition) is 4. The van der Waals surface area contributed by atoms with E-state index < -0.39 is 0 Å². The van der Waals surface area contributed by atoms with Gasteiger partial charge in [0.05, 0.1) is 33.7 Å². The van der Waals surface area contributed by atoms with Gasteiger partial charge in [-0.25, -0.2) is 4.39 Å². The third-order valence-corrected chi connectivity index (χ3v) is 5.95. The Hall–Kier alpha value is -2.44. The number of carbonyl (C=O) groups is 1. The van der Waals surface area contributed by atoms with Crippen LogP contribution in [-0.2, 0) is 24.2 Å². The van der Waals surface area contributed by atoms with Gasteiger partial charge in [-0.15, -0.1) is 0 Å². The summed E-state index contributed by atoms with van der Waals surface area (Å²) in [5.74, 6) is 0.866. The standard InChI is InChI=1S/C22H25FNO4/c1-24(2)8-7-15-10-20-22(28-13-27-20)17(12-25)21(15)19(24)11-16(26)9-14-5-3-4-6-18(14)23/h3-6,10,19,25H,7-9,11-13H2,1-2H3/q+1. The van der Waals surface area contributed by atoms with E-state index in [0.717, 1.165) is 24.1 Å². The van der Waals surface area contributed by atoms with Crippen molar-refractivity contribution in [3.05, 3.63) is 58.4 Å². The number of aliphatic hydroxyl groups is 1. The molecular weight excluding hydrogens is 361 g/mol. The van der Waals surface area contributed by atoms with E-state index in [1.807, 2.05) is 6.07 Å². The molecule has 2 aliphatic rings. The second-order valence-electron chi connectivity index (χ2n) is 8.10. The van der Waals surface area contributed by atoms with Crippen molar-refractivity contribution < 1.29 is 28.2 Å². The SMILES string of the molecule is C[N+]1(C)CCc2cc3c(c(CO)c2C1CC(=O)Cc1ccccc1F)OCO3. The van der Waals surface area contributed by atoms with Crippen LogP contribution >= 0.6 is 0 Å². The number of likely N-dealkylation sites (N-methyl/N-ethyl adjacent to an activating group) is 1. The third kappa shape index (κ3) is 3.27. The summed E-state index contributed by atoms with van der Waals surface area (Å²) in [6.45, 7) is 0.836. The summed E-state index contributed by atoms with van der Waals surface area (Å²) in [4.78, 5) is 12.9. The molecule has 1 atom stereocenters. The number of halogens is 1. The fraction of sp³-hybridized carbons (Fsp3) is 0.409. The highest BCUT2D eigenvalue weighted by atomic mass is 19.1. The number of Topliss-reactive ketones (excluding diaryl/α,β-unsaturated/α-hetero) is 1. The predicted molar refractivity (Wildman–Crippen MR) is 102 cm³/mol. The highest BCUT2D eigenvalue weighted by molar-refractivity contribution is 5.81. The summed E-state index contributed by atoms with van der Waals surface area (Å²) in [6, 6.07) is 8.25. The van der Waals surface area contributed by atoms with Gasteiger partial charge in [-0.05, 0) is 23.3 Å². The first-order chi connectivity index (χ1) is 13.4. The lowest BCUT2D eigenvalue weighted by Crippen LogP contribution is -2.49. The molecule has 0 bridgehead atoms.